The fourth-order valence-electron chi connectivity index (χ4n) is 3.24. The number of sulfonamides is 1. The molecule has 0 atom stereocenters. The molecule has 160 valence electrons. The summed E-state index contributed by atoms with van der Waals surface area (Å²) in [4.78, 5) is 28.2. The molecule has 0 spiro atoms. The molecule has 1 aliphatic rings. The number of nitro benzene ring substituents is 1. The molecule has 0 N–H and O–H groups in total. The van der Waals surface area contributed by atoms with Gasteiger partial charge in [0.15, 0.2) is 4.90 Å². The number of carbonyl (C=O) groups is 1. The van der Waals surface area contributed by atoms with E-state index in [0.717, 1.165) is 0 Å². The summed E-state index contributed by atoms with van der Waals surface area (Å²) in [6, 6.07) is 8.66. The van der Waals surface area contributed by atoms with Gasteiger partial charge in [-0.1, -0.05) is 12.1 Å². The highest BCUT2D eigenvalue weighted by molar-refractivity contribution is 7.89. The topological polar surface area (TPSA) is 123 Å². The molecule has 11 heteroatoms. The summed E-state index contributed by atoms with van der Waals surface area (Å²) in [5.41, 5.74) is -0.0918. The standard InChI is InChI=1S/C19H22N4O6S/c1-2-29-19(24)15-8-9-18(20-14-15)21-10-5-11-22(13-12-21)30(27,28)17-7-4-3-6-16(17)23(25)26/h3-4,6-9,14H,2,5,10-13H2,1H3. The van der Waals surface area contributed by atoms with Crippen LogP contribution in [-0.4, -0.2) is 61.4 Å². The Morgan fingerprint density at radius 3 is 2.60 bits per heavy atom. The van der Waals surface area contributed by atoms with E-state index in [-0.39, 0.29) is 24.6 Å². The lowest BCUT2D eigenvalue weighted by atomic mass is 10.2. The van der Waals surface area contributed by atoms with E-state index in [0.29, 0.717) is 30.9 Å². The number of esters is 1. The van der Waals surface area contributed by atoms with Gasteiger partial charge in [0.25, 0.3) is 5.69 Å². The van der Waals surface area contributed by atoms with Crippen LogP contribution in [-0.2, 0) is 14.8 Å². The molecule has 0 unspecified atom stereocenters. The number of para-hydroxylation sites is 1. The first kappa shape index (κ1) is 21.7. The molecule has 3 rings (SSSR count). The summed E-state index contributed by atoms with van der Waals surface area (Å²) in [6.07, 6.45) is 1.96. The predicted octanol–water partition coefficient (Wildman–Crippen LogP) is 2.07. The van der Waals surface area contributed by atoms with Gasteiger partial charge in [0.05, 0.1) is 17.1 Å². The number of anilines is 1. The van der Waals surface area contributed by atoms with E-state index in [1.165, 1.54) is 34.8 Å². The third-order valence-electron chi connectivity index (χ3n) is 4.72. The van der Waals surface area contributed by atoms with Crippen molar-refractivity contribution in [2.75, 3.05) is 37.7 Å². The second-order valence-corrected chi connectivity index (χ2v) is 8.50. The molecule has 1 aliphatic heterocycles. The molecule has 0 saturated carbocycles. The SMILES string of the molecule is CCOC(=O)c1ccc(N2CCCN(S(=O)(=O)c3ccccc3[N+](=O)[O-])CC2)nc1. The second kappa shape index (κ2) is 9.18. The van der Waals surface area contributed by atoms with E-state index in [1.54, 1.807) is 19.1 Å². The maximum atomic E-state index is 13.0. The number of carbonyl (C=O) groups excluding carboxylic acids is 1. The van der Waals surface area contributed by atoms with Gasteiger partial charge in [-0.2, -0.15) is 4.31 Å². The minimum Gasteiger partial charge on any atom is -0.462 e. The zero-order valence-corrected chi connectivity index (χ0v) is 17.2. The van der Waals surface area contributed by atoms with Gasteiger partial charge in [-0.15, -0.1) is 0 Å². The van der Waals surface area contributed by atoms with Crippen LogP contribution in [0.2, 0.25) is 0 Å². The molecular formula is C19H22N4O6S. The Morgan fingerprint density at radius 2 is 1.93 bits per heavy atom. The molecule has 2 aromatic rings. The Bertz CT molecular complexity index is 1030. The Hall–Kier alpha value is -3.05. The smallest absolute Gasteiger partial charge is 0.339 e. The molecule has 0 radical (unpaired) electrons. The predicted molar refractivity (Wildman–Crippen MR) is 109 cm³/mol. The van der Waals surface area contributed by atoms with Crippen molar-refractivity contribution in [3.8, 4) is 0 Å². The molecule has 1 fully saturated rings. The van der Waals surface area contributed by atoms with Crippen LogP contribution >= 0.6 is 0 Å². The van der Waals surface area contributed by atoms with Crippen molar-refractivity contribution in [3.63, 3.8) is 0 Å². The quantitative estimate of drug-likeness (QED) is 0.385. The number of nitro groups is 1. The van der Waals surface area contributed by atoms with Gasteiger partial charge in [-0.25, -0.2) is 18.2 Å². The van der Waals surface area contributed by atoms with E-state index in [4.69, 9.17) is 4.74 Å². The molecule has 0 amide bonds. The van der Waals surface area contributed by atoms with Gasteiger partial charge >= 0.3 is 5.97 Å². The highest BCUT2D eigenvalue weighted by Gasteiger charge is 2.32. The number of aromatic nitrogens is 1. The summed E-state index contributed by atoms with van der Waals surface area (Å²) in [7, 11) is -4.01. The van der Waals surface area contributed by atoms with Gasteiger partial charge < -0.3 is 9.64 Å². The largest absolute Gasteiger partial charge is 0.462 e. The Morgan fingerprint density at radius 1 is 1.17 bits per heavy atom. The van der Waals surface area contributed by atoms with Gasteiger partial charge in [0.2, 0.25) is 10.0 Å². The second-order valence-electron chi connectivity index (χ2n) is 6.60. The third-order valence-corrected chi connectivity index (χ3v) is 6.66. The number of pyridine rings is 1. The first-order valence-electron chi connectivity index (χ1n) is 9.46. The summed E-state index contributed by atoms with van der Waals surface area (Å²) in [5, 5.41) is 11.2. The van der Waals surface area contributed by atoms with Crippen LogP contribution in [0.25, 0.3) is 0 Å². The number of hydrogen-bond donors (Lipinski definition) is 0. The third kappa shape index (κ3) is 4.57. The van der Waals surface area contributed by atoms with Crippen LogP contribution in [0, 0.1) is 10.1 Å². The average molecular weight is 434 g/mol. The van der Waals surface area contributed by atoms with Crippen LogP contribution in [0.4, 0.5) is 11.5 Å². The normalized spacial score (nSPS) is 15.4. The first-order valence-corrected chi connectivity index (χ1v) is 10.9. The van der Waals surface area contributed by atoms with Gasteiger partial charge in [-0.3, -0.25) is 10.1 Å². The molecular weight excluding hydrogens is 412 g/mol. The Kier molecular flexibility index (Phi) is 6.63. The maximum absolute atomic E-state index is 13.0. The van der Waals surface area contributed by atoms with Crippen molar-refractivity contribution in [2.24, 2.45) is 0 Å². The van der Waals surface area contributed by atoms with Crippen molar-refractivity contribution in [2.45, 2.75) is 18.2 Å². The van der Waals surface area contributed by atoms with Crippen molar-refractivity contribution in [3.05, 3.63) is 58.3 Å². The molecule has 1 saturated heterocycles. The lowest BCUT2D eigenvalue weighted by molar-refractivity contribution is -0.387. The van der Waals surface area contributed by atoms with Gasteiger partial charge in [0.1, 0.15) is 5.82 Å². The molecule has 30 heavy (non-hydrogen) atoms. The Balaban J connectivity index is 1.75. The van der Waals surface area contributed by atoms with Crippen molar-refractivity contribution < 1.29 is 22.9 Å². The zero-order chi connectivity index (χ0) is 21.7. The molecule has 0 aliphatic carbocycles. The summed E-state index contributed by atoms with van der Waals surface area (Å²) >= 11 is 0. The average Bonchev–Trinajstić information content (AvgIpc) is 3.01. The minimum atomic E-state index is -4.01. The molecule has 2 heterocycles. The molecule has 0 bridgehead atoms. The van der Waals surface area contributed by atoms with Crippen LogP contribution in [0.15, 0.2) is 47.5 Å². The number of ether oxygens (including phenoxy) is 1. The summed E-state index contributed by atoms with van der Waals surface area (Å²) in [5.74, 6) is 0.169. The molecule has 1 aromatic carbocycles. The van der Waals surface area contributed by atoms with E-state index in [1.807, 2.05) is 4.90 Å². The number of hydrogen-bond acceptors (Lipinski definition) is 8. The first-order chi connectivity index (χ1) is 14.3. The maximum Gasteiger partial charge on any atom is 0.339 e. The lowest BCUT2D eigenvalue weighted by Gasteiger charge is -2.22. The van der Waals surface area contributed by atoms with E-state index < -0.39 is 26.6 Å². The minimum absolute atomic E-state index is 0.162. The van der Waals surface area contributed by atoms with Crippen molar-refractivity contribution in [1.29, 1.82) is 0 Å². The highest BCUT2D eigenvalue weighted by atomic mass is 32.2. The van der Waals surface area contributed by atoms with E-state index in [9.17, 15) is 23.3 Å². The van der Waals surface area contributed by atoms with Crippen LogP contribution in [0.3, 0.4) is 0 Å². The monoisotopic (exact) mass is 434 g/mol. The van der Waals surface area contributed by atoms with E-state index >= 15 is 0 Å². The summed E-state index contributed by atoms with van der Waals surface area (Å²) in [6.45, 7) is 3.33. The fraction of sp³-hybridized carbons (Fsp3) is 0.368. The lowest BCUT2D eigenvalue weighted by Crippen LogP contribution is -2.35. The number of rotatable bonds is 6. The fourth-order valence-corrected chi connectivity index (χ4v) is 4.86. The van der Waals surface area contributed by atoms with Gasteiger partial charge in [0, 0.05) is 38.4 Å². The van der Waals surface area contributed by atoms with Crippen LogP contribution in [0.1, 0.15) is 23.7 Å². The van der Waals surface area contributed by atoms with Crippen molar-refractivity contribution in [1.82, 2.24) is 9.29 Å². The van der Waals surface area contributed by atoms with E-state index in [2.05, 4.69) is 4.98 Å². The van der Waals surface area contributed by atoms with Crippen molar-refractivity contribution >= 4 is 27.5 Å². The van der Waals surface area contributed by atoms with Crippen LogP contribution in [0.5, 0.6) is 0 Å². The summed E-state index contributed by atoms with van der Waals surface area (Å²) < 4.78 is 32.3. The van der Waals surface area contributed by atoms with Crippen LogP contribution < -0.4 is 4.90 Å². The number of nitrogens with zero attached hydrogens (tertiary/aromatic N) is 4. The van der Waals surface area contributed by atoms with Gasteiger partial charge in [-0.05, 0) is 31.5 Å². The zero-order valence-electron chi connectivity index (χ0n) is 16.4. The molecule has 1 aromatic heterocycles. The number of benzene rings is 1. The highest BCUT2D eigenvalue weighted by Crippen LogP contribution is 2.27. The molecule has 10 nitrogen and oxygen atoms in total. The Labute approximate surface area is 174 Å².